The van der Waals surface area contributed by atoms with Crippen LogP contribution in [0, 0.1) is 12.3 Å². The molecular formula is C17H27NS. The average molecular weight is 277 g/mol. The number of benzene rings is 1. The van der Waals surface area contributed by atoms with Gasteiger partial charge in [0.2, 0.25) is 0 Å². The second-order valence-electron chi connectivity index (χ2n) is 6.43. The maximum absolute atomic E-state index is 3.79. The zero-order chi connectivity index (χ0) is 13.9. The first-order valence-electron chi connectivity index (χ1n) is 7.49. The van der Waals surface area contributed by atoms with E-state index in [0.29, 0.717) is 16.7 Å². The molecule has 1 aliphatic carbocycles. The highest BCUT2D eigenvalue weighted by Gasteiger charge is 2.41. The van der Waals surface area contributed by atoms with Gasteiger partial charge in [-0.05, 0) is 50.3 Å². The summed E-state index contributed by atoms with van der Waals surface area (Å²) in [6.07, 6.45) is 3.87. The number of nitrogens with one attached hydrogen (secondary N) is 1. The Morgan fingerprint density at radius 1 is 1.37 bits per heavy atom. The highest BCUT2D eigenvalue weighted by atomic mass is 32.2. The molecule has 1 N–H and O–H groups in total. The van der Waals surface area contributed by atoms with E-state index >= 15 is 0 Å². The van der Waals surface area contributed by atoms with Crippen molar-refractivity contribution in [3.63, 3.8) is 0 Å². The maximum Gasteiger partial charge on any atom is 0.0253 e. The minimum Gasteiger partial charge on any atom is -0.312 e. The van der Waals surface area contributed by atoms with Crippen LogP contribution in [0.5, 0.6) is 0 Å². The van der Waals surface area contributed by atoms with Crippen LogP contribution in [0.1, 0.15) is 45.6 Å². The summed E-state index contributed by atoms with van der Waals surface area (Å²) in [7, 11) is 0. The van der Waals surface area contributed by atoms with Gasteiger partial charge in [-0.3, -0.25) is 0 Å². The molecule has 1 nitrogen and oxygen atoms in total. The van der Waals surface area contributed by atoms with Crippen molar-refractivity contribution in [1.29, 1.82) is 0 Å². The molecular weight excluding hydrogens is 250 g/mol. The molecule has 2 unspecified atom stereocenters. The molecule has 19 heavy (non-hydrogen) atoms. The summed E-state index contributed by atoms with van der Waals surface area (Å²) < 4.78 is 0. The second kappa shape index (κ2) is 6.32. The predicted octanol–water partition coefficient (Wildman–Crippen LogP) is 4.64. The Morgan fingerprint density at radius 2 is 2.16 bits per heavy atom. The molecule has 0 heterocycles. The number of rotatable bonds is 5. The lowest BCUT2D eigenvalue weighted by atomic mass is 9.87. The molecule has 106 valence electrons. The van der Waals surface area contributed by atoms with E-state index in [1.807, 2.05) is 0 Å². The SMILES string of the molecule is CCCNC1C(Sc2cccc(C)c2)CCC1(C)C. The van der Waals surface area contributed by atoms with E-state index in [4.69, 9.17) is 0 Å². The van der Waals surface area contributed by atoms with Crippen LogP contribution < -0.4 is 5.32 Å². The molecule has 2 atom stereocenters. The Kier molecular flexibility index (Phi) is 4.97. The van der Waals surface area contributed by atoms with E-state index in [1.165, 1.54) is 29.7 Å². The van der Waals surface area contributed by atoms with Crippen LogP contribution in [-0.2, 0) is 0 Å². The Morgan fingerprint density at radius 3 is 2.84 bits per heavy atom. The third kappa shape index (κ3) is 3.76. The topological polar surface area (TPSA) is 12.0 Å². The minimum atomic E-state index is 0.427. The fourth-order valence-corrected chi connectivity index (χ4v) is 4.63. The van der Waals surface area contributed by atoms with Crippen LogP contribution in [0.15, 0.2) is 29.2 Å². The van der Waals surface area contributed by atoms with Crippen molar-refractivity contribution >= 4 is 11.8 Å². The molecule has 0 saturated heterocycles. The lowest BCUT2D eigenvalue weighted by Crippen LogP contribution is -2.43. The molecule has 0 bridgehead atoms. The van der Waals surface area contributed by atoms with E-state index in [2.05, 4.69) is 69.0 Å². The van der Waals surface area contributed by atoms with E-state index in [1.54, 1.807) is 0 Å². The Bertz CT molecular complexity index is 413. The first-order chi connectivity index (χ1) is 9.03. The largest absolute Gasteiger partial charge is 0.312 e. The highest BCUT2D eigenvalue weighted by molar-refractivity contribution is 8.00. The smallest absolute Gasteiger partial charge is 0.0253 e. The van der Waals surface area contributed by atoms with Crippen molar-refractivity contribution < 1.29 is 0 Å². The van der Waals surface area contributed by atoms with Crippen LogP contribution in [0.25, 0.3) is 0 Å². The van der Waals surface area contributed by atoms with Gasteiger partial charge >= 0.3 is 0 Å². The third-order valence-electron chi connectivity index (χ3n) is 4.18. The van der Waals surface area contributed by atoms with Crippen molar-refractivity contribution in [3.05, 3.63) is 29.8 Å². The van der Waals surface area contributed by atoms with Crippen molar-refractivity contribution in [1.82, 2.24) is 5.32 Å². The molecule has 2 heteroatoms. The van der Waals surface area contributed by atoms with Gasteiger partial charge in [0.15, 0.2) is 0 Å². The van der Waals surface area contributed by atoms with E-state index in [9.17, 15) is 0 Å². The van der Waals surface area contributed by atoms with E-state index in [-0.39, 0.29) is 0 Å². The maximum atomic E-state index is 3.79. The zero-order valence-electron chi connectivity index (χ0n) is 12.7. The van der Waals surface area contributed by atoms with Crippen molar-refractivity contribution in [2.75, 3.05) is 6.54 Å². The summed E-state index contributed by atoms with van der Waals surface area (Å²) in [5.41, 5.74) is 1.79. The monoisotopic (exact) mass is 277 g/mol. The molecule has 0 spiro atoms. The third-order valence-corrected chi connectivity index (χ3v) is 5.51. The first kappa shape index (κ1) is 14.9. The van der Waals surface area contributed by atoms with Gasteiger partial charge in [0.05, 0.1) is 0 Å². The van der Waals surface area contributed by atoms with Crippen LogP contribution in [0.2, 0.25) is 0 Å². The second-order valence-corrected chi connectivity index (χ2v) is 7.74. The lowest BCUT2D eigenvalue weighted by molar-refractivity contribution is 0.287. The number of hydrogen-bond acceptors (Lipinski definition) is 2. The van der Waals surface area contributed by atoms with Crippen LogP contribution in [0.4, 0.5) is 0 Å². The van der Waals surface area contributed by atoms with E-state index in [0.717, 1.165) is 6.54 Å². The van der Waals surface area contributed by atoms with Crippen LogP contribution >= 0.6 is 11.8 Å². The minimum absolute atomic E-state index is 0.427. The van der Waals surface area contributed by atoms with Gasteiger partial charge in [0, 0.05) is 16.2 Å². The van der Waals surface area contributed by atoms with Crippen LogP contribution in [0.3, 0.4) is 0 Å². The van der Waals surface area contributed by atoms with Crippen molar-refractivity contribution in [2.45, 2.75) is 63.1 Å². The van der Waals surface area contributed by atoms with Crippen molar-refractivity contribution in [3.8, 4) is 0 Å². The highest BCUT2D eigenvalue weighted by Crippen LogP contribution is 2.45. The molecule has 0 aliphatic heterocycles. The quantitative estimate of drug-likeness (QED) is 0.841. The normalized spacial score (nSPS) is 25.7. The fraction of sp³-hybridized carbons (Fsp3) is 0.647. The van der Waals surface area contributed by atoms with Gasteiger partial charge in [0.1, 0.15) is 0 Å². The summed E-state index contributed by atoms with van der Waals surface area (Å²) in [5.74, 6) is 0. The molecule has 1 aromatic rings. The van der Waals surface area contributed by atoms with E-state index < -0.39 is 0 Å². The number of thioether (sulfide) groups is 1. The Labute approximate surface area is 122 Å². The fourth-order valence-electron chi connectivity index (χ4n) is 3.04. The number of hydrogen-bond donors (Lipinski definition) is 1. The lowest BCUT2D eigenvalue weighted by Gasteiger charge is -2.31. The Balaban J connectivity index is 2.06. The summed E-state index contributed by atoms with van der Waals surface area (Å²) in [5, 5.41) is 4.50. The zero-order valence-corrected chi connectivity index (χ0v) is 13.5. The van der Waals surface area contributed by atoms with Gasteiger partial charge in [-0.1, -0.05) is 38.5 Å². The molecule has 0 aromatic heterocycles. The molecule has 1 fully saturated rings. The average Bonchev–Trinajstić information content (AvgIpc) is 2.62. The van der Waals surface area contributed by atoms with Gasteiger partial charge in [0.25, 0.3) is 0 Å². The molecule has 0 radical (unpaired) electrons. The van der Waals surface area contributed by atoms with Crippen LogP contribution in [-0.4, -0.2) is 17.8 Å². The summed E-state index contributed by atoms with van der Waals surface area (Å²) in [6.45, 7) is 10.4. The molecule has 1 aromatic carbocycles. The standard InChI is InChI=1S/C17H27NS/c1-5-11-18-16-15(9-10-17(16,3)4)19-14-8-6-7-13(2)12-14/h6-8,12,15-16,18H,5,9-11H2,1-4H3. The first-order valence-corrected chi connectivity index (χ1v) is 8.37. The number of aryl methyl sites for hydroxylation is 1. The molecule has 1 aliphatic rings. The van der Waals surface area contributed by atoms with Gasteiger partial charge in [-0.25, -0.2) is 0 Å². The predicted molar refractivity (Wildman–Crippen MR) is 85.9 cm³/mol. The molecule has 1 saturated carbocycles. The van der Waals surface area contributed by atoms with Gasteiger partial charge in [-0.2, -0.15) is 0 Å². The Hall–Kier alpha value is -0.470. The van der Waals surface area contributed by atoms with Gasteiger partial charge in [-0.15, -0.1) is 11.8 Å². The summed E-state index contributed by atoms with van der Waals surface area (Å²) in [4.78, 5) is 1.42. The summed E-state index contributed by atoms with van der Waals surface area (Å²) >= 11 is 2.06. The van der Waals surface area contributed by atoms with Crippen molar-refractivity contribution in [2.24, 2.45) is 5.41 Å². The molecule has 2 rings (SSSR count). The summed E-state index contributed by atoms with van der Waals surface area (Å²) in [6, 6.07) is 9.55. The molecule has 0 amide bonds. The van der Waals surface area contributed by atoms with Gasteiger partial charge < -0.3 is 5.32 Å².